The first-order chi connectivity index (χ1) is 15.1. The minimum atomic E-state index is -0.247. The molecule has 0 saturated carbocycles. The normalized spacial score (nSPS) is 18.8. The van der Waals surface area contributed by atoms with Gasteiger partial charge in [-0.1, -0.05) is 18.2 Å². The fourth-order valence-electron chi connectivity index (χ4n) is 3.40. The number of methoxy groups -OCH3 is 1. The average molecular weight is 558 g/mol. The molecular formula is C23H32FIN4O3. The predicted octanol–water partition coefficient (Wildman–Crippen LogP) is 3.79. The highest BCUT2D eigenvalue weighted by atomic mass is 127. The van der Waals surface area contributed by atoms with Gasteiger partial charge in [-0.2, -0.15) is 0 Å². The molecule has 2 atom stereocenters. The lowest BCUT2D eigenvalue weighted by atomic mass is 10.1. The molecule has 32 heavy (non-hydrogen) atoms. The smallest absolute Gasteiger partial charge is 0.213 e. The Hall–Kier alpha value is -1.98. The summed E-state index contributed by atoms with van der Waals surface area (Å²) in [7, 11) is 1.64. The van der Waals surface area contributed by atoms with Gasteiger partial charge in [0.15, 0.2) is 5.96 Å². The molecule has 1 N–H and O–H groups in total. The second-order valence-electron chi connectivity index (χ2n) is 7.41. The van der Waals surface area contributed by atoms with Crippen LogP contribution in [0.15, 0.2) is 47.6 Å². The lowest BCUT2D eigenvalue weighted by Crippen LogP contribution is -2.50. The summed E-state index contributed by atoms with van der Waals surface area (Å²) in [6.07, 6.45) is 1.66. The number of guanidine groups is 1. The summed E-state index contributed by atoms with van der Waals surface area (Å²) in [5.41, 5.74) is 1.95. The molecule has 1 aliphatic heterocycles. The molecule has 2 aromatic rings. The third-order valence-electron chi connectivity index (χ3n) is 4.88. The number of hydrogen-bond acceptors (Lipinski definition) is 5. The summed E-state index contributed by atoms with van der Waals surface area (Å²) in [5, 5.41) is 3.37. The number of ether oxygens (including phenoxy) is 3. The van der Waals surface area contributed by atoms with Crippen molar-refractivity contribution in [3.05, 3.63) is 59.5 Å². The molecule has 9 heteroatoms. The van der Waals surface area contributed by atoms with Crippen LogP contribution < -0.4 is 10.1 Å². The summed E-state index contributed by atoms with van der Waals surface area (Å²) >= 11 is 0. The fraction of sp³-hybridized carbons (Fsp3) is 0.478. The van der Waals surface area contributed by atoms with Crippen LogP contribution in [-0.4, -0.2) is 61.9 Å². The number of rotatable bonds is 8. The van der Waals surface area contributed by atoms with Crippen LogP contribution in [0, 0.1) is 5.82 Å². The van der Waals surface area contributed by atoms with Gasteiger partial charge in [0.25, 0.3) is 0 Å². The molecule has 2 unspecified atom stereocenters. The maximum Gasteiger partial charge on any atom is 0.213 e. The number of pyridine rings is 1. The van der Waals surface area contributed by atoms with E-state index in [1.807, 2.05) is 26.0 Å². The van der Waals surface area contributed by atoms with Gasteiger partial charge in [-0.25, -0.2) is 14.4 Å². The molecule has 3 rings (SSSR count). The van der Waals surface area contributed by atoms with Gasteiger partial charge in [0.1, 0.15) is 18.5 Å². The number of morpholine rings is 1. The molecule has 2 heterocycles. The van der Waals surface area contributed by atoms with E-state index in [1.165, 1.54) is 12.1 Å². The van der Waals surface area contributed by atoms with E-state index in [0.717, 1.165) is 30.2 Å². The molecule has 0 spiro atoms. The van der Waals surface area contributed by atoms with E-state index < -0.39 is 0 Å². The molecule has 176 valence electrons. The highest BCUT2D eigenvalue weighted by molar-refractivity contribution is 14.0. The van der Waals surface area contributed by atoms with Crippen LogP contribution in [0.3, 0.4) is 0 Å². The Morgan fingerprint density at radius 1 is 1.22 bits per heavy atom. The van der Waals surface area contributed by atoms with Crippen molar-refractivity contribution in [2.24, 2.45) is 4.99 Å². The Bertz CT molecular complexity index is 836. The van der Waals surface area contributed by atoms with Crippen LogP contribution in [-0.2, 0) is 16.0 Å². The Morgan fingerprint density at radius 2 is 2.00 bits per heavy atom. The van der Waals surface area contributed by atoms with Crippen LogP contribution in [0.1, 0.15) is 31.1 Å². The van der Waals surface area contributed by atoms with E-state index >= 15 is 0 Å². The minimum Gasteiger partial charge on any atom is -0.475 e. The highest BCUT2D eigenvalue weighted by Gasteiger charge is 2.28. The zero-order chi connectivity index (χ0) is 22.1. The van der Waals surface area contributed by atoms with Gasteiger partial charge in [-0.05, 0) is 37.1 Å². The molecule has 7 nitrogen and oxygen atoms in total. The molecule has 0 amide bonds. The second kappa shape index (κ2) is 13.5. The lowest BCUT2D eigenvalue weighted by molar-refractivity contribution is -0.0605. The number of hydrogen-bond donors (Lipinski definition) is 1. The molecular weight excluding hydrogens is 526 g/mol. The Morgan fingerprint density at radius 3 is 2.66 bits per heavy atom. The Kier molecular flexibility index (Phi) is 11.1. The minimum absolute atomic E-state index is 0. The topological polar surface area (TPSA) is 68.2 Å². The summed E-state index contributed by atoms with van der Waals surface area (Å²) < 4.78 is 29.9. The quantitative estimate of drug-likeness (QED) is 0.230. The van der Waals surface area contributed by atoms with Crippen molar-refractivity contribution in [3.8, 4) is 5.88 Å². The van der Waals surface area contributed by atoms with Crippen LogP contribution >= 0.6 is 24.0 Å². The monoisotopic (exact) mass is 558 g/mol. The maximum absolute atomic E-state index is 13.3. The molecule has 1 aromatic heterocycles. The van der Waals surface area contributed by atoms with Crippen molar-refractivity contribution in [1.82, 2.24) is 15.2 Å². The van der Waals surface area contributed by atoms with E-state index in [1.54, 1.807) is 25.4 Å². The van der Waals surface area contributed by atoms with Gasteiger partial charge in [-0.3, -0.25) is 0 Å². The van der Waals surface area contributed by atoms with E-state index in [0.29, 0.717) is 32.2 Å². The molecule has 0 bridgehead atoms. The molecule has 1 aliphatic rings. The van der Waals surface area contributed by atoms with E-state index in [9.17, 15) is 4.39 Å². The van der Waals surface area contributed by atoms with Crippen molar-refractivity contribution < 1.29 is 18.6 Å². The number of aliphatic imine (C=N–C) groups is 1. The number of aromatic nitrogens is 1. The van der Waals surface area contributed by atoms with Gasteiger partial charge in [0, 0.05) is 32.5 Å². The molecule has 1 fully saturated rings. The fourth-order valence-corrected chi connectivity index (χ4v) is 3.40. The zero-order valence-corrected chi connectivity index (χ0v) is 21.1. The van der Waals surface area contributed by atoms with E-state index in [-0.39, 0.29) is 42.0 Å². The van der Waals surface area contributed by atoms with Crippen LogP contribution in [0.2, 0.25) is 0 Å². The van der Waals surface area contributed by atoms with Crippen molar-refractivity contribution in [2.45, 2.75) is 32.6 Å². The lowest BCUT2D eigenvalue weighted by Gasteiger charge is -2.38. The van der Waals surface area contributed by atoms with Gasteiger partial charge >= 0.3 is 0 Å². The first-order valence-electron chi connectivity index (χ1n) is 10.6. The highest BCUT2D eigenvalue weighted by Crippen LogP contribution is 2.25. The second-order valence-corrected chi connectivity index (χ2v) is 7.41. The van der Waals surface area contributed by atoms with Gasteiger partial charge < -0.3 is 24.4 Å². The number of benzene rings is 1. The molecule has 1 saturated heterocycles. The van der Waals surface area contributed by atoms with E-state index in [2.05, 4.69) is 15.2 Å². The molecule has 1 aromatic carbocycles. The number of nitrogens with one attached hydrogen (secondary N) is 1. The summed E-state index contributed by atoms with van der Waals surface area (Å²) in [5.74, 6) is 1.15. The third kappa shape index (κ3) is 7.86. The SMILES string of the molecule is CCNC(=NCc1ccc(OCCOC)nc1)N1CC(C)OC(c2ccc(F)cc2)C1.I. The van der Waals surface area contributed by atoms with Crippen LogP contribution in [0.5, 0.6) is 5.88 Å². The maximum atomic E-state index is 13.3. The first kappa shape index (κ1) is 26.3. The summed E-state index contributed by atoms with van der Waals surface area (Å²) in [4.78, 5) is 11.3. The number of nitrogens with zero attached hydrogens (tertiary/aromatic N) is 3. The van der Waals surface area contributed by atoms with Crippen molar-refractivity contribution in [3.63, 3.8) is 0 Å². The standard InChI is InChI=1S/C23H31FN4O3.HI/c1-4-25-23(27-14-18-5-10-22(26-13-18)30-12-11-29-3)28-15-17(2)31-21(16-28)19-6-8-20(24)9-7-19;/h5-10,13,17,21H,4,11-12,14-16H2,1-3H3,(H,25,27);1H. The molecule has 0 radical (unpaired) electrons. The van der Waals surface area contributed by atoms with Crippen LogP contribution in [0.4, 0.5) is 4.39 Å². The van der Waals surface area contributed by atoms with Crippen LogP contribution in [0.25, 0.3) is 0 Å². The number of halogens is 2. The Labute approximate surface area is 206 Å². The summed E-state index contributed by atoms with van der Waals surface area (Å²) in [6, 6.07) is 10.3. The largest absolute Gasteiger partial charge is 0.475 e. The Balaban J connectivity index is 0.00000363. The van der Waals surface area contributed by atoms with Gasteiger partial charge in [-0.15, -0.1) is 24.0 Å². The zero-order valence-electron chi connectivity index (χ0n) is 18.8. The summed E-state index contributed by atoms with van der Waals surface area (Å²) in [6.45, 7) is 7.72. The predicted molar refractivity (Wildman–Crippen MR) is 133 cm³/mol. The third-order valence-corrected chi connectivity index (χ3v) is 4.88. The van der Waals surface area contributed by atoms with Crippen molar-refractivity contribution in [1.29, 1.82) is 0 Å². The average Bonchev–Trinajstić information content (AvgIpc) is 2.78. The molecule has 0 aliphatic carbocycles. The van der Waals surface area contributed by atoms with E-state index in [4.69, 9.17) is 19.2 Å². The van der Waals surface area contributed by atoms with Gasteiger partial charge in [0.05, 0.1) is 25.8 Å². The van der Waals surface area contributed by atoms with Crippen molar-refractivity contribution in [2.75, 3.05) is 40.0 Å². The van der Waals surface area contributed by atoms with Crippen molar-refractivity contribution >= 4 is 29.9 Å². The first-order valence-corrected chi connectivity index (χ1v) is 10.6. The van der Waals surface area contributed by atoms with Gasteiger partial charge in [0.2, 0.25) is 5.88 Å².